The maximum Gasteiger partial charge on any atom is 0.258 e. The largest absolute Gasteiger partial charge is 0.382 e. The SMILES string of the molecule is CCOCCCNCCn1ccc2ccccc2c1=O. The summed E-state index contributed by atoms with van der Waals surface area (Å²) in [4.78, 5) is 12.2. The number of nitrogens with zero attached hydrogens (tertiary/aromatic N) is 1. The number of aromatic nitrogens is 1. The smallest absolute Gasteiger partial charge is 0.258 e. The summed E-state index contributed by atoms with van der Waals surface area (Å²) in [5.74, 6) is 0. The standard InChI is InChI=1S/C16H22N2O2/c1-2-20-13-5-9-17-10-12-18-11-8-14-6-3-4-7-15(14)16(18)19/h3-4,6-8,11,17H,2,5,9-10,12-13H2,1H3. The summed E-state index contributed by atoms with van der Waals surface area (Å²) in [5, 5.41) is 5.11. The average molecular weight is 274 g/mol. The molecule has 2 aromatic rings. The van der Waals surface area contributed by atoms with Crippen LogP contribution in [0.1, 0.15) is 13.3 Å². The van der Waals surface area contributed by atoms with E-state index in [2.05, 4.69) is 5.32 Å². The third kappa shape index (κ3) is 3.92. The highest BCUT2D eigenvalue weighted by atomic mass is 16.5. The molecule has 20 heavy (non-hydrogen) atoms. The van der Waals surface area contributed by atoms with Gasteiger partial charge < -0.3 is 14.6 Å². The van der Waals surface area contributed by atoms with E-state index in [1.165, 1.54) is 0 Å². The third-order valence-corrected chi connectivity index (χ3v) is 3.26. The lowest BCUT2D eigenvalue weighted by Crippen LogP contribution is -2.27. The Labute approximate surface area is 119 Å². The number of benzene rings is 1. The number of fused-ring (bicyclic) bond motifs is 1. The van der Waals surface area contributed by atoms with Gasteiger partial charge in [-0.1, -0.05) is 18.2 Å². The molecule has 4 heteroatoms. The van der Waals surface area contributed by atoms with Crippen molar-refractivity contribution in [3.63, 3.8) is 0 Å². The highest BCUT2D eigenvalue weighted by Crippen LogP contribution is 2.07. The van der Waals surface area contributed by atoms with E-state index in [1.54, 1.807) is 4.57 Å². The molecule has 0 saturated heterocycles. The van der Waals surface area contributed by atoms with Crippen molar-refractivity contribution in [1.29, 1.82) is 0 Å². The molecule has 1 aromatic carbocycles. The Morgan fingerprint density at radius 2 is 2.05 bits per heavy atom. The van der Waals surface area contributed by atoms with Crippen LogP contribution in [-0.4, -0.2) is 30.9 Å². The van der Waals surface area contributed by atoms with Crippen molar-refractivity contribution in [3.8, 4) is 0 Å². The Balaban J connectivity index is 1.84. The van der Waals surface area contributed by atoms with E-state index in [0.717, 1.165) is 43.5 Å². The lowest BCUT2D eigenvalue weighted by Gasteiger charge is -2.08. The highest BCUT2D eigenvalue weighted by Gasteiger charge is 2.01. The van der Waals surface area contributed by atoms with Gasteiger partial charge in [-0.15, -0.1) is 0 Å². The van der Waals surface area contributed by atoms with Crippen LogP contribution in [0.3, 0.4) is 0 Å². The van der Waals surface area contributed by atoms with Crippen LogP contribution in [0, 0.1) is 0 Å². The minimum Gasteiger partial charge on any atom is -0.382 e. The summed E-state index contributed by atoms with van der Waals surface area (Å²) in [6, 6.07) is 9.69. The van der Waals surface area contributed by atoms with Crippen LogP contribution < -0.4 is 10.9 Å². The topological polar surface area (TPSA) is 43.3 Å². The second-order valence-electron chi connectivity index (χ2n) is 4.70. The fraction of sp³-hybridized carbons (Fsp3) is 0.438. The Morgan fingerprint density at radius 3 is 2.90 bits per heavy atom. The maximum absolute atomic E-state index is 12.2. The Hall–Kier alpha value is -1.65. The number of hydrogen-bond donors (Lipinski definition) is 1. The van der Waals surface area contributed by atoms with E-state index in [9.17, 15) is 4.79 Å². The van der Waals surface area contributed by atoms with Gasteiger partial charge in [-0.05, 0) is 37.4 Å². The number of pyridine rings is 1. The van der Waals surface area contributed by atoms with E-state index >= 15 is 0 Å². The molecule has 0 amide bonds. The molecule has 0 aliphatic carbocycles. The average Bonchev–Trinajstić information content (AvgIpc) is 2.49. The first-order valence-corrected chi connectivity index (χ1v) is 7.19. The maximum atomic E-state index is 12.2. The summed E-state index contributed by atoms with van der Waals surface area (Å²) in [7, 11) is 0. The number of nitrogens with one attached hydrogen (secondary N) is 1. The summed E-state index contributed by atoms with van der Waals surface area (Å²) in [6.45, 7) is 5.97. The minimum absolute atomic E-state index is 0.0826. The molecule has 1 N–H and O–H groups in total. The molecule has 0 bridgehead atoms. The van der Waals surface area contributed by atoms with E-state index in [1.807, 2.05) is 43.5 Å². The Kier molecular flexibility index (Phi) is 5.77. The molecule has 0 aliphatic rings. The van der Waals surface area contributed by atoms with Crippen molar-refractivity contribution in [2.75, 3.05) is 26.3 Å². The van der Waals surface area contributed by atoms with Crippen molar-refractivity contribution in [2.24, 2.45) is 0 Å². The predicted octanol–water partition coefficient (Wildman–Crippen LogP) is 2.02. The van der Waals surface area contributed by atoms with Crippen LogP contribution >= 0.6 is 0 Å². The third-order valence-electron chi connectivity index (χ3n) is 3.26. The second-order valence-corrected chi connectivity index (χ2v) is 4.70. The van der Waals surface area contributed by atoms with Gasteiger partial charge in [0, 0.05) is 37.9 Å². The highest BCUT2D eigenvalue weighted by molar-refractivity contribution is 5.81. The number of hydrogen-bond acceptors (Lipinski definition) is 3. The molecular weight excluding hydrogens is 252 g/mol. The van der Waals surface area contributed by atoms with Crippen molar-refractivity contribution in [2.45, 2.75) is 19.9 Å². The summed E-state index contributed by atoms with van der Waals surface area (Å²) >= 11 is 0. The van der Waals surface area contributed by atoms with Crippen molar-refractivity contribution < 1.29 is 4.74 Å². The summed E-state index contributed by atoms with van der Waals surface area (Å²) < 4.78 is 7.03. The first kappa shape index (κ1) is 14.8. The molecule has 1 heterocycles. The van der Waals surface area contributed by atoms with Crippen LogP contribution in [-0.2, 0) is 11.3 Å². The van der Waals surface area contributed by atoms with E-state index in [-0.39, 0.29) is 5.56 Å². The molecule has 1 aromatic heterocycles. The number of rotatable bonds is 8. The molecule has 0 unspecified atom stereocenters. The van der Waals surface area contributed by atoms with Gasteiger partial charge in [-0.3, -0.25) is 4.79 Å². The monoisotopic (exact) mass is 274 g/mol. The predicted molar refractivity (Wildman–Crippen MR) is 82.2 cm³/mol. The van der Waals surface area contributed by atoms with Crippen LogP contribution in [0.2, 0.25) is 0 Å². The fourth-order valence-electron chi connectivity index (χ4n) is 2.17. The quantitative estimate of drug-likeness (QED) is 0.749. The molecule has 4 nitrogen and oxygen atoms in total. The zero-order valence-corrected chi connectivity index (χ0v) is 12.0. The normalized spacial score (nSPS) is 11.1. The first-order chi connectivity index (χ1) is 9.83. The van der Waals surface area contributed by atoms with Crippen molar-refractivity contribution in [3.05, 3.63) is 46.9 Å². The Bertz CT molecular complexity index is 592. The minimum atomic E-state index is 0.0826. The summed E-state index contributed by atoms with van der Waals surface area (Å²) in [6.07, 6.45) is 2.87. The van der Waals surface area contributed by atoms with E-state index in [4.69, 9.17) is 4.74 Å². The molecule has 0 atom stereocenters. The molecule has 2 rings (SSSR count). The van der Waals surface area contributed by atoms with E-state index in [0.29, 0.717) is 6.54 Å². The lowest BCUT2D eigenvalue weighted by atomic mass is 10.2. The van der Waals surface area contributed by atoms with Gasteiger partial charge in [0.15, 0.2) is 0 Å². The molecular formula is C16H22N2O2. The Morgan fingerprint density at radius 1 is 1.20 bits per heavy atom. The van der Waals surface area contributed by atoms with Gasteiger partial charge in [0.2, 0.25) is 0 Å². The lowest BCUT2D eigenvalue weighted by molar-refractivity contribution is 0.145. The molecule has 0 spiro atoms. The molecule has 0 fully saturated rings. The zero-order valence-electron chi connectivity index (χ0n) is 12.0. The molecule has 108 valence electrons. The van der Waals surface area contributed by atoms with Gasteiger partial charge in [0.25, 0.3) is 5.56 Å². The van der Waals surface area contributed by atoms with Gasteiger partial charge >= 0.3 is 0 Å². The van der Waals surface area contributed by atoms with Gasteiger partial charge in [0.05, 0.1) is 0 Å². The van der Waals surface area contributed by atoms with Crippen LogP contribution in [0.25, 0.3) is 10.8 Å². The summed E-state index contributed by atoms with van der Waals surface area (Å²) in [5.41, 5.74) is 0.0826. The second kappa shape index (κ2) is 7.82. The van der Waals surface area contributed by atoms with Crippen LogP contribution in [0.15, 0.2) is 41.3 Å². The van der Waals surface area contributed by atoms with Crippen LogP contribution in [0.5, 0.6) is 0 Å². The molecule has 0 radical (unpaired) electrons. The van der Waals surface area contributed by atoms with Crippen LogP contribution in [0.4, 0.5) is 0 Å². The zero-order chi connectivity index (χ0) is 14.2. The molecule has 0 saturated carbocycles. The van der Waals surface area contributed by atoms with Crippen molar-refractivity contribution >= 4 is 10.8 Å². The van der Waals surface area contributed by atoms with Gasteiger partial charge in [0.1, 0.15) is 0 Å². The number of ether oxygens (including phenoxy) is 1. The van der Waals surface area contributed by atoms with E-state index < -0.39 is 0 Å². The fourth-order valence-corrected chi connectivity index (χ4v) is 2.17. The van der Waals surface area contributed by atoms with Gasteiger partial charge in [-0.2, -0.15) is 0 Å². The molecule has 0 aliphatic heterocycles. The first-order valence-electron chi connectivity index (χ1n) is 7.19. The van der Waals surface area contributed by atoms with Crippen molar-refractivity contribution in [1.82, 2.24) is 9.88 Å². The van der Waals surface area contributed by atoms with Gasteiger partial charge in [-0.25, -0.2) is 0 Å².